The topological polar surface area (TPSA) is 166 Å². The van der Waals surface area contributed by atoms with Crippen molar-refractivity contribution in [3.63, 3.8) is 0 Å². The molecule has 9 nitrogen and oxygen atoms in total. The molecule has 9 heteroatoms. The van der Waals surface area contributed by atoms with E-state index in [0.29, 0.717) is 0 Å². The summed E-state index contributed by atoms with van der Waals surface area (Å²) in [7, 11) is 0. The number of aliphatic hydroxyl groups is 5. The van der Waals surface area contributed by atoms with Crippen LogP contribution in [0.1, 0.15) is 5.56 Å². The van der Waals surface area contributed by atoms with E-state index in [0.717, 1.165) is 16.5 Å². The zero-order valence-corrected chi connectivity index (χ0v) is 14.0. The third-order valence-corrected chi connectivity index (χ3v) is 4.30. The molecule has 2 rings (SSSR count). The number of aliphatic carboxylic acids is 1. The van der Waals surface area contributed by atoms with Crippen LogP contribution in [0.2, 0.25) is 0 Å². The average molecular weight is 368 g/mol. The molecule has 0 aliphatic carbocycles. The number of hydrogen-bond acceptors (Lipinski definition) is 7. The smallest absolute Gasteiger partial charge is 0.321 e. The number of para-hydroxylation sites is 1. The summed E-state index contributed by atoms with van der Waals surface area (Å²) in [6.45, 7) is -1.10. The highest BCUT2D eigenvalue weighted by Gasteiger charge is 2.31. The number of nitrogens with one attached hydrogen (secondary N) is 2. The maximum absolute atomic E-state index is 11.5. The number of carboxylic acids is 1. The lowest BCUT2D eigenvalue weighted by atomic mass is 10.0. The highest BCUT2D eigenvalue weighted by atomic mass is 16.4. The van der Waals surface area contributed by atoms with Crippen LogP contribution in [0.4, 0.5) is 0 Å². The van der Waals surface area contributed by atoms with Gasteiger partial charge in [0.15, 0.2) is 0 Å². The Morgan fingerprint density at radius 2 is 1.73 bits per heavy atom. The van der Waals surface area contributed by atoms with Crippen LogP contribution in [-0.4, -0.2) is 85.2 Å². The maximum atomic E-state index is 11.5. The van der Waals surface area contributed by atoms with Crippen LogP contribution in [-0.2, 0) is 11.2 Å². The molecule has 0 aliphatic rings. The number of rotatable bonds is 10. The van der Waals surface area contributed by atoms with E-state index in [1.54, 1.807) is 6.20 Å². The van der Waals surface area contributed by atoms with Crippen molar-refractivity contribution >= 4 is 16.9 Å². The van der Waals surface area contributed by atoms with Gasteiger partial charge in [-0.1, -0.05) is 18.2 Å². The molecular formula is C17H24N2O7. The van der Waals surface area contributed by atoms with E-state index in [9.17, 15) is 30.3 Å². The summed E-state index contributed by atoms with van der Waals surface area (Å²) < 4.78 is 0. The molecule has 144 valence electrons. The third kappa shape index (κ3) is 4.79. The van der Waals surface area contributed by atoms with E-state index in [-0.39, 0.29) is 13.0 Å². The molecule has 1 aromatic carbocycles. The van der Waals surface area contributed by atoms with Gasteiger partial charge in [0.25, 0.3) is 0 Å². The number of aliphatic hydroxyl groups excluding tert-OH is 5. The van der Waals surface area contributed by atoms with Crippen molar-refractivity contribution in [2.75, 3.05) is 13.2 Å². The molecule has 0 aliphatic heterocycles. The van der Waals surface area contributed by atoms with E-state index in [1.807, 2.05) is 24.3 Å². The molecule has 8 N–H and O–H groups in total. The largest absolute Gasteiger partial charge is 0.480 e. The van der Waals surface area contributed by atoms with Gasteiger partial charge in [-0.25, -0.2) is 0 Å². The number of carboxylic acid groups (broad SMARTS) is 1. The molecular weight excluding hydrogens is 344 g/mol. The summed E-state index contributed by atoms with van der Waals surface area (Å²) in [5.74, 6) is -1.13. The number of aromatic amines is 1. The van der Waals surface area contributed by atoms with Crippen molar-refractivity contribution < 1.29 is 35.4 Å². The summed E-state index contributed by atoms with van der Waals surface area (Å²) in [6, 6.07) is 6.41. The van der Waals surface area contributed by atoms with Gasteiger partial charge in [0.1, 0.15) is 24.4 Å². The van der Waals surface area contributed by atoms with Crippen molar-refractivity contribution in [1.29, 1.82) is 0 Å². The first kappa shape index (κ1) is 20.3. The quantitative estimate of drug-likeness (QED) is 0.243. The van der Waals surface area contributed by atoms with Crippen molar-refractivity contribution in [3.05, 3.63) is 36.0 Å². The number of hydrogen-bond donors (Lipinski definition) is 8. The zero-order chi connectivity index (χ0) is 19.3. The fraction of sp³-hybridized carbons (Fsp3) is 0.471. The standard InChI is InChI=1S/C17H24N2O7/c20-8-14(22)16(24)15(23)13(21)7-19-12(17(25)26)5-9-6-18-11-4-2-1-3-10(9)11/h1-4,6,12-16,18-24H,5,7-8H2,(H,25,26)/t12-,13?,14?,15?,16?/m0/s1. The monoisotopic (exact) mass is 368 g/mol. The lowest BCUT2D eigenvalue weighted by Gasteiger charge is -2.26. The SMILES string of the molecule is O=C(O)[C@H](Cc1c[nH]c2ccccc12)NCC(O)C(O)C(O)C(O)CO. The Balaban J connectivity index is 1.99. The first-order valence-electron chi connectivity index (χ1n) is 8.19. The molecule has 4 unspecified atom stereocenters. The summed E-state index contributed by atoms with van der Waals surface area (Å²) in [5.41, 5.74) is 1.66. The van der Waals surface area contributed by atoms with E-state index in [2.05, 4.69) is 10.3 Å². The first-order valence-corrected chi connectivity index (χ1v) is 8.19. The average Bonchev–Trinajstić information content (AvgIpc) is 3.05. The van der Waals surface area contributed by atoms with Gasteiger partial charge in [-0.3, -0.25) is 4.79 Å². The minimum atomic E-state index is -1.76. The van der Waals surface area contributed by atoms with Crippen molar-refractivity contribution in [1.82, 2.24) is 10.3 Å². The Morgan fingerprint density at radius 1 is 1.08 bits per heavy atom. The van der Waals surface area contributed by atoms with Crippen LogP contribution < -0.4 is 5.32 Å². The van der Waals surface area contributed by atoms with Gasteiger partial charge in [0.05, 0.1) is 12.7 Å². The lowest BCUT2D eigenvalue weighted by Crippen LogP contribution is -2.51. The van der Waals surface area contributed by atoms with Gasteiger partial charge in [0, 0.05) is 30.1 Å². The van der Waals surface area contributed by atoms with Crippen LogP contribution in [0, 0.1) is 0 Å². The van der Waals surface area contributed by atoms with E-state index >= 15 is 0 Å². The number of carbonyl (C=O) groups is 1. The van der Waals surface area contributed by atoms with E-state index in [1.165, 1.54) is 0 Å². The normalized spacial score (nSPS) is 17.6. The second-order valence-electron chi connectivity index (χ2n) is 6.16. The molecule has 5 atom stereocenters. The second-order valence-corrected chi connectivity index (χ2v) is 6.16. The Morgan fingerprint density at radius 3 is 2.38 bits per heavy atom. The molecule has 0 amide bonds. The molecule has 0 spiro atoms. The minimum Gasteiger partial charge on any atom is -0.480 e. The molecule has 0 saturated heterocycles. The Bertz CT molecular complexity index is 720. The Hall–Kier alpha value is -2.01. The minimum absolute atomic E-state index is 0.143. The van der Waals surface area contributed by atoms with Gasteiger partial charge >= 0.3 is 5.97 Å². The van der Waals surface area contributed by atoms with Crippen molar-refractivity contribution in [3.8, 4) is 0 Å². The highest BCUT2D eigenvalue weighted by Crippen LogP contribution is 2.19. The van der Waals surface area contributed by atoms with E-state index < -0.39 is 43.0 Å². The number of H-pyrrole nitrogens is 1. The van der Waals surface area contributed by atoms with Crippen molar-refractivity contribution in [2.24, 2.45) is 0 Å². The molecule has 1 aromatic heterocycles. The molecule has 0 bridgehead atoms. The predicted octanol–water partition coefficient (Wildman–Crippen LogP) is -1.81. The second kappa shape index (κ2) is 9.08. The molecule has 2 aromatic rings. The van der Waals surface area contributed by atoms with Crippen LogP contribution in [0.5, 0.6) is 0 Å². The molecule has 26 heavy (non-hydrogen) atoms. The lowest BCUT2D eigenvalue weighted by molar-refractivity contribution is -0.140. The van der Waals surface area contributed by atoms with Gasteiger partial charge in [0.2, 0.25) is 0 Å². The fourth-order valence-corrected chi connectivity index (χ4v) is 2.71. The van der Waals surface area contributed by atoms with Crippen LogP contribution >= 0.6 is 0 Å². The van der Waals surface area contributed by atoms with Crippen LogP contribution in [0.3, 0.4) is 0 Å². The van der Waals surface area contributed by atoms with Crippen LogP contribution in [0.25, 0.3) is 10.9 Å². The summed E-state index contributed by atoms with van der Waals surface area (Å²) in [5, 5.41) is 60.2. The Labute approximate surface area is 149 Å². The molecule has 0 fully saturated rings. The highest BCUT2D eigenvalue weighted by molar-refractivity contribution is 5.84. The van der Waals surface area contributed by atoms with Gasteiger partial charge in [-0.2, -0.15) is 0 Å². The van der Waals surface area contributed by atoms with E-state index in [4.69, 9.17) is 5.11 Å². The third-order valence-electron chi connectivity index (χ3n) is 4.30. The Kier molecular flexibility index (Phi) is 7.09. The van der Waals surface area contributed by atoms with Gasteiger partial charge in [-0.15, -0.1) is 0 Å². The predicted molar refractivity (Wildman–Crippen MR) is 92.5 cm³/mol. The maximum Gasteiger partial charge on any atom is 0.321 e. The number of fused-ring (bicyclic) bond motifs is 1. The summed E-state index contributed by atoms with van der Waals surface area (Å²) in [6.07, 6.45) is -4.78. The van der Waals surface area contributed by atoms with Gasteiger partial charge in [-0.05, 0) is 11.6 Å². The molecule has 0 saturated carbocycles. The number of benzene rings is 1. The summed E-state index contributed by atoms with van der Waals surface area (Å²) in [4.78, 5) is 14.5. The molecule has 1 heterocycles. The number of aromatic nitrogens is 1. The van der Waals surface area contributed by atoms with Crippen LogP contribution in [0.15, 0.2) is 30.5 Å². The first-order chi connectivity index (χ1) is 12.3. The van der Waals surface area contributed by atoms with Crippen molar-refractivity contribution in [2.45, 2.75) is 36.9 Å². The fourth-order valence-electron chi connectivity index (χ4n) is 2.71. The summed E-state index contributed by atoms with van der Waals surface area (Å²) >= 11 is 0. The van der Waals surface area contributed by atoms with Gasteiger partial charge < -0.3 is 40.9 Å². The molecule has 0 radical (unpaired) electrons. The zero-order valence-electron chi connectivity index (χ0n) is 14.0.